The largest absolute Gasteiger partial charge is 0.349 e. The SMILES string of the molecule is C=CCn1c(C)nnc1SCC(=O)NC(C)c1ccc(CC)cc1. The lowest BCUT2D eigenvalue weighted by atomic mass is 10.1. The molecule has 0 bridgehead atoms. The number of aryl methyl sites for hydroxylation is 2. The second-order valence-electron chi connectivity index (χ2n) is 5.60. The van der Waals surface area contributed by atoms with Crippen LogP contribution in [0.1, 0.15) is 36.8 Å². The summed E-state index contributed by atoms with van der Waals surface area (Å²) in [5.74, 6) is 1.12. The van der Waals surface area contributed by atoms with Crippen LogP contribution >= 0.6 is 11.8 Å². The first-order chi connectivity index (χ1) is 11.5. The third-order valence-corrected chi connectivity index (χ3v) is 4.78. The summed E-state index contributed by atoms with van der Waals surface area (Å²) in [6.07, 6.45) is 2.81. The average Bonchev–Trinajstić information content (AvgIpc) is 2.93. The molecule has 1 unspecified atom stereocenters. The summed E-state index contributed by atoms with van der Waals surface area (Å²) in [7, 11) is 0. The fraction of sp³-hybridized carbons (Fsp3) is 0.389. The predicted octanol–water partition coefficient (Wildman–Crippen LogP) is 3.30. The number of carbonyl (C=O) groups is 1. The van der Waals surface area contributed by atoms with Gasteiger partial charge in [0.05, 0.1) is 11.8 Å². The average molecular weight is 344 g/mol. The minimum absolute atomic E-state index is 0.0159. The molecule has 1 atom stereocenters. The van der Waals surface area contributed by atoms with Crippen molar-refractivity contribution in [1.29, 1.82) is 0 Å². The Morgan fingerprint density at radius 1 is 1.38 bits per heavy atom. The molecule has 0 radical (unpaired) electrons. The molecule has 0 spiro atoms. The first-order valence-corrected chi connectivity index (χ1v) is 9.05. The van der Waals surface area contributed by atoms with Gasteiger partial charge >= 0.3 is 0 Å². The molecule has 1 amide bonds. The Labute approximate surface area is 147 Å². The Morgan fingerprint density at radius 3 is 2.71 bits per heavy atom. The highest BCUT2D eigenvalue weighted by atomic mass is 32.2. The second-order valence-corrected chi connectivity index (χ2v) is 6.54. The summed E-state index contributed by atoms with van der Waals surface area (Å²) in [5.41, 5.74) is 2.40. The van der Waals surface area contributed by atoms with E-state index in [4.69, 9.17) is 0 Å². The van der Waals surface area contributed by atoms with Gasteiger partial charge in [0, 0.05) is 6.54 Å². The normalized spacial score (nSPS) is 12.0. The number of thioether (sulfide) groups is 1. The number of rotatable bonds is 8. The fourth-order valence-electron chi connectivity index (χ4n) is 2.35. The molecule has 0 fully saturated rings. The molecule has 0 saturated carbocycles. The standard InChI is InChI=1S/C18H24N4OS/c1-5-11-22-14(4)20-21-18(22)24-12-17(23)19-13(3)16-9-7-15(6-2)8-10-16/h5,7-10,13H,1,6,11-12H2,2-4H3,(H,19,23). The van der Waals surface area contributed by atoms with Crippen LogP contribution in [0.15, 0.2) is 42.1 Å². The molecule has 1 N–H and O–H groups in total. The summed E-state index contributed by atoms with van der Waals surface area (Å²) in [6.45, 7) is 10.4. The van der Waals surface area contributed by atoms with Crippen molar-refractivity contribution in [3.05, 3.63) is 53.9 Å². The Hall–Kier alpha value is -2.08. The lowest BCUT2D eigenvalue weighted by Gasteiger charge is -2.14. The van der Waals surface area contributed by atoms with Crippen LogP contribution in [0.2, 0.25) is 0 Å². The van der Waals surface area contributed by atoms with Crippen molar-refractivity contribution in [1.82, 2.24) is 20.1 Å². The van der Waals surface area contributed by atoms with Crippen molar-refractivity contribution in [2.24, 2.45) is 0 Å². The molecule has 1 heterocycles. The van der Waals surface area contributed by atoms with Crippen LogP contribution in [-0.4, -0.2) is 26.4 Å². The Morgan fingerprint density at radius 2 is 2.08 bits per heavy atom. The minimum atomic E-state index is -0.0169. The summed E-state index contributed by atoms with van der Waals surface area (Å²) < 4.78 is 1.94. The third kappa shape index (κ3) is 4.71. The van der Waals surface area contributed by atoms with Gasteiger partial charge in [0.15, 0.2) is 5.16 Å². The van der Waals surface area contributed by atoms with E-state index < -0.39 is 0 Å². The number of aromatic nitrogens is 3. The van der Waals surface area contributed by atoms with Gasteiger partial charge in [-0.15, -0.1) is 16.8 Å². The Bertz CT molecular complexity index is 694. The zero-order chi connectivity index (χ0) is 17.5. The molecule has 128 valence electrons. The van der Waals surface area contributed by atoms with Crippen LogP contribution in [0.25, 0.3) is 0 Å². The van der Waals surface area contributed by atoms with Gasteiger partial charge in [0.25, 0.3) is 0 Å². The molecule has 2 rings (SSSR count). The maximum absolute atomic E-state index is 12.2. The number of hydrogen-bond acceptors (Lipinski definition) is 4. The number of allylic oxidation sites excluding steroid dienone is 1. The van der Waals surface area contributed by atoms with Crippen LogP contribution < -0.4 is 5.32 Å². The van der Waals surface area contributed by atoms with Crippen LogP contribution in [0, 0.1) is 6.92 Å². The van der Waals surface area contributed by atoms with Crippen LogP contribution in [0.4, 0.5) is 0 Å². The van der Waals surface area contributed by atoms with Crippen molar-refractivity contribution in [3.63, 3.8) is 0 Å². The summed E-state index contributed by atoms with van der Waals surface area (Å²) in [6, 6.07) is 8.33. The van der Waals surface area contributed by atoms with Gasteiger partial charge in [0.1, 0.15) is 5.82 Å². The van der Waals surface area contributed by atoms with Gasteiger partial charge in [-0.25, -0.2) is 0 Å². The summed E-state index contributed by atoms with van der Waals surface area (Å²) >= 11 is 1.39. The molecule has 0 aliphatic heterocycles. The smallest absolute Gasteiger partial charge is 0.230 e. The van der Waals surface area contributed by atoms with Crippen LogP contribution in [-0.2, 0) is 17.8 Å². The number of amides is 1. The van der Waals surface area contributed by atoms with E-state index in [2.05, 4.69) is 53.3 Å². The minimum Gasteiger partial charge on any atom is -0.349 e. The molecule has 5 nitrogen and oxygen atoms in total. The molecule has 1 aromatic carbocycles. The zero-order valence-corrected chi connectivity index (χ0v) is 15.3. The highest BCUT2D eigenvalue weighted by Gasteiger charge is 2.13. The molecule has 0 aliphatic carbocycles. The van der Waals surface area contributed by atoms with E-state index in [1.807, 2.05) is 18.4 Å². The number of nitrogens with one attached hydrogen (secondary N) is 1. The molecule has 0 saturated heterocycles. The zero-order valence-electron chi connectivity index (χ0n) is 14.5. The van der Waals surface area contributed by atoms with E-state index in [9.17, 15) is 4.79 Å². The molecule has 6 heteroatoms. The highest BCUT2D eigenvalue weighted by Crippen LogP contribution is 2.18. The third-order valence-electron chi connectivity index (χ3n) is 3.81. The van der Waals surface area contributed by atoms with E-state index in [-0.39, 0.29) is 11.9 Å². The molecule has 2 aromatic rings. The Balaban J connectivity index is 1.89. The van der Waals surface area contributed by atoms with Crippen molar-refractivity contribution >= 4 is 17.7 Å². The van der Waals surface area contributed by atoms with Crippen molar-refractivity contribution < 1.29 is 4.79 Å². The topological polar surface area (TPSA) is 59.8 Å². The lowest BCUT2D eigenvalue weighted by molar-refractivity contribution is -0.119. The van der Waals surface area contributed by atoms with Gasteiger partial charge < -0.3 is 9.88 Å². The van der Waals surface area contributed by atoms with E-state index in [1.165, 1.54) is 17.3 Å². The van der Waals surface area contributed by atoms with Crippen molar-refractivity contribution in [2.45, 2.75) is 44.9 Å². The lowest BCUT2D eigenvalue weighted by Crippen LogP contribution is -2.28. The van der Waals surface area contributed by atoms with Crippen molar-refractivity contribution in [3.8, 4) is 0 Å². The van der Waals surface area contributed by atoms with Gasteiger partial charge in [-0.3, -0.25) is 4.79 Å². The maximum Gasteiger partial charge on any atom is 0.230 e. The number of benzene rings is 1. The molecular formula is C18H24N4OS. The van der Waals surface area contributed by atoms with Gasteiger partial charge in [0.2, 0.25) is 5.91 Å². The molecular weight excluding hydrogens is 320 g/mol. The number of hydrogen-bond donors (Lipinski definition) is 1. The van der Waals surface area contributed by atoms with Gasteiger partial charge in [-0.1, -0.05) is 49.0 Å². The summed E-state index contributed by atoms with van der Waals surface area (Å²) in [5, 5.41) is 11.9. The van der Waals surface area contributed by atoms with Crippen LogP contribution in [0.5, 0.6) is 0 Å². The highest BCUT2D eigenvalue weighted by molar-refractivity contribution is 7.99. The number of nitrogens with zero attached hydrogens (tertiary/aromatic N) is 3. The first-order valence-electron chi connectivity index (χ1n) is 8.06. The quantitative estimate of drug-likeness (QED) is 0.589. The number of carbonyl (C=O) groups excluding carboxylic acids is 1. The van der Waals surface area contributed by atoms with Crippen LogP contribution in [0.3, 0.4) is 0 Å². The van der Waals surface area contributed by atoms with Gasteiger partial charge in [-0.05, 0) is 31.4 Å². The van der Waals surface area contributed by atoms with E-state index >= 15 is 0 Å². The van der Waals surface area contributed by atoms with E-state index in [1.54, 1.807) is 6.08 Å². The maximum atomic E-state index is 12.2. The molecule has 0 aliphatic rings. The first kappa shape index (κ1) is 18.3. The van der Waals surface area contributed by atoms with E-state index in [0.717, 1.165) is 23.0 Å². The molecule has 1 aromatic heterocycles. The predicted molar refractivity (Wildman–Crippen MR) is 98.1 cm³/mol. The van der Waals surface area contributed by atoms with Gasteiger partial charge in [-0.2, -0.15) is 0 Å². The van der Waals surface area contributed by atoms with Crippen molar-refractivity contribution in [2.75, 3.05) is 5.75 Å². The monoisotopic (exact) mass is 344 g/mol. The summed E-state index contributed by atoms with van der Waals surface area (Å²) in [4.78, 5) is 12.2. The second kappa shape index (κ2) is 8.68. The molecule has 24 heavy (non-hydrogen) atoms. The Kier molecular flexibility index (Phi) is 6.61. The van der Waals surface area contributed by atoms with E-state index in [0.29, 0.717) is 12.3 Å². The fourth-order valence-corrected chi connectivity index (χ4v) is 3.15.